The molecule has 1 heterocycles. The monoisotopic (exact) mass is 183 g/mol. The zero-order chi connectivity index (χ0) is 9.23. The van der Waals surface area contributed by atoms with Crippen LogP contribution in [-0.4, -0.2) is 17.0 Å². The topological polar surface area (TPSA) is 12.9 Å². The van der Waals surface area contributed by atoms with Crippen molar-refractivity contribution < 1.29 is 0 Å². The fraction of sp³-hybridized carbons (Fsp3) is 0.500. The molecule has 0 bridgehead atoms. The van der Waals surface area contributed by atoms with Crippen LogP contribution in [0.15, 0.2) is 24.4 Å². The third-order valence-electron chi connectivity index (χ3n) is 1.29. The van der Waals surface area contributed by atoms with Crippen molar-refractivity contribution in [1.29, 1.82) is 0 Å². The van der Waals surface area contributed by atoms with Gasteiger partial charge in [0.15, 0.2) is 0 Å². The molecule has 68 valence electrons. The van der Waals surface area contributed by atoms with Crippen molar-refractivity contribution >= 4 is 11.8 Å². The lowest BCUT2D eigenvalue weighted by Crippen LogP contribution is -1.89. The van der Waals surface area contributed by atoms with Gasteiger partial charge in [0, 0.05) is 11.9 Å². The van der Waals surface area contributed by atoms with Gasteiger partial charge in [0.2, 0.25) is 0 Å². The van der Waals surface area contributed by atoms with Crippen LogP contribution in [0.5, 0.6) is 0 Å². The van der Waals surface area contributed by atoms with Gasteiger partial charge in [-0.25, -0.2) is 0 Å². The Labute approximate surface area is 79.6 Å². The van der Waals surface area contributed by atoms with Crippen LogP contribution in [0.25, 0.3) is 0 Å². The highest BCUT2D eigenvalue weighted by Gasteiger charge is 1.89. The lowest BCUT2D eigenvalue weighted by atomic mass is 10.3. The fourth-order valence-electron chi connectivity index (χ4n) is 0.753. The summed E-state index contributed by atoms with van der Waals surface area (Å²) in [6, 6.07) is 6.04. The highest BCUT2D eigenvalue weighted by molar-refractivity contribution is 7.98. The van der Waals surface area contributed by atoms with Gasteiger partial charge in [-0.3, -0.25) is 4.98 Å². The molecular weight excluding hydrogens is 166 g/mol. The Kier molecular flexibility index (Phi) is 8.24. The summed E-state index contributed by atoms with van der Waals surface area (Å²) >= 11 is 1.86. The lowest BCUT2D eigenvalue weighted by molar-refractivity contribution is 1.05. The molecule has 0 fully saturated rings. The zero-order valence-electron chi connectivity index (χ0n) is 8.08. The van der Waals surface area contributed by atoms with E-state index in [0.29, 0.717) is 0 Å². The van der Waals surface area contributed by atoms with E-state index in [9.17, 15) is 0 Å². The average Bonchev–Trinajstić information content (AvgIpc) is 2.19. The number of aryl methyl sites for hydroxylation is 1. The molecule has 0 aromatic carbocycles. The minimum Gasteiger partial charge on any atom is -0.261 e. The van der Waals surface area contributed by atoms with Gasteiger partial charge in [-0.1, -0.05) is 19.9 Å². The van der Waals surface area contributed by atoms with Crippen molar-refractivity contribution in [2.75, 3.05) is 12.0 Å². The Morgan fingerprint density at radius 2 is 2.08 bits per heavy atom. The number of nitrogens with zero attached hydrogens (tertiary/aromatic N) is 1. The summed E-state index contributed by atoms with van der Waals surface area (Å²) in [6.07, 6.45) is 5.04. The molecule has 0 amide bonds. The molecule has 0 N–H and O–H groups in total. The molecule has 1 aromatic heterocycles. The summed E-state index contributed by atoms with van der Waals surface area (Å²) in [5.41, 5.74) is 1.19. The SMILES string of the molecule is CC.CSCCc1ccccn1. The highest BCUT2D eigenvalue weighted by Crippen LogP contribution is 1.99. The molecule has 1 rings (SSSR count). The van der Waals surface area contributed by atoms with E-state index in [1.165, 1.54) is 5.69 Å². The molecule has 0 unspecified atom stereocenters. The third-order valence-corrected chi connectivity index (χ3v) is 1.90. The number of rotatable bonds is 3. The molecule has 1 aromatic rings. The number of thioether (sulfide) groups is 1. The minimum atomic E-state index is 1.09. The second-order valence-electron chi connectivity index (χ2n) is 2.06. The zero-order valence-corrected chi connectivity index (χ0v) is 8.90. The maximum Gasteiger partial charge on any atom is 0.0411 e. The highest BCUT2D eigenvalue weighted by atomic mass is 32.2. The molecule has 0 saturated carbocycles. The van der Waals surface area contributed by atoms with E-state index in [1.807, 2.05) is 43.9 Å². The van der Waals surface area contributed by atoms with Gasteiger partial charge in [-0.05, 0) is 30.6 Å². The van der Waals surface area contributed by atoms with Crippen molar-refractivity contribution in [2.24, 2.45) is 0 Å². The number of hydrogen-bond acceptors (Lipinski definition) is 2. The lowest BCUT2D eigenvalue weighted by Gasteiger charge is -1.95. The quantitative estimate of drug-likeness (QED) is 0.714. The summed E-state index contributed by atoms with van der Waals surface area (Å²) in [6.45, 7) is 4.00. The predicted molar refractivity (Wildman–Crippen MR) is 57.7 cm³/mol. The minimum absolute atomic E-state index is 1.09. The van der Waals surface area contributed by atoms with E-state index in [-0.39, 0.29) is 0 Å². The van der Waals surface area contributed by atoms with Crippen molar-refractivity contribution in [3.05, 3.63) is 30.1 Å². The summed E-state index contributed by atoms with van der Waals surface area (Å²) in [4.78, 5) is 4.20. The summed E-state index contributed by atoms with van der Waals surface area (Å²) in [5.74, 6) is 1.16. The molecule has 0 aliphatic heterocycles. The fourth-order valence-corrected chi connectivity index (χ4v) is 1.17. The van der Waals surface area contributed by atoms with E-state index in [1.54, 1.807) is 0 Å². The Bertz CT molecular complexity index is 174. The van der Waals surface area contributed by atoms with Crippen LogP contribution in [0.2, 0.25) is 0 Å². The number of hydrogen-bond donors (Lipinski definition) is 0. The summed E-state index contributed by atoms with van der Waals surface area (Å²) in [7, 11) is 0. The van der Waals surface area contributed by atoms with Gasteiger partial charge in [-0.2, -0.15) is 11.8 Å². The molecule has 1 nitrogen and oxygen atoms in total. The molecule has 0 aliphatic rings. The van der Waals surface area contributed by atoms with Gasteiger partial charge < -0.3 is 0 Å². The summed E-state index contributed by atoms with van der Waals surface area (Å²) in [5, 5.41) is 0. The smallest absolute Gasteiger partial charge is 0.0411 e. The van der Waals surface area contributed by atoms with Crippen LogP contribution in [0.3, 0.4) is 0 Å². The van der Waals surface area contributed by atoms with E-state index < -0.39 is 0 Å². The summed E-state index contributed by atoms with van der Waals surface area (Å²) < 4.78 is 0. The van der Waals surface area contributed by atoms with Crippen molar-refractivity contribution in [3.8, 4) is 0 Å². The van der Waals surface area contributed by atoms with Gasteiger partial charge in [0.1, 0.15) is 0 Å². The maximum atomic E-state index is 4.20. The van der Waals surface area contributed by atoms with Crippen LogP contribution >= 0.6 is 11.8 Å². The largest absolute Gasteiger partial charge is 0.261 e. The van der Waals surface area contributed by atoms with E-state index in [0.717, 1.165) is 12.2 Å². The second-order valence-corrected chi connectivity index (χ2v) is 3.05. The molecule has 0 atom stereocenters. The standard InChI is InChI=1S/C8H11NS.C2H6/c1-10-7-5-8-4-2-3-6-9-8;1-2/h2-4,6H,5,7H2,1H3;1-2H3. The van der Waals surface area contributed by atoms with Gasteiger partial charge in [-0.15, -0.1) is 0 Å². The van der Waals surface area contributed by atoms with Crippen LogP contribution in [0.1, 0.15) is 19.5 Å². The van der Waals surface area contributed by atoms with Crippen LogP contribution in [-0.2, 0) is 6.42 Å². The molecule has 12 heavy (non-hydrogen) atoms. The molecule has 0 aliphatic carbocycles. The van der Waals surface area contributed by atoms with Crippen LogP contribution in [0.4, 0.5) is 0 Å². The first-order valence-corrected chi connectivity index (χ1v) is 5.71. The molecular formula is C10H17NS. The van der Waals surface area contributed by atoms with Gasteiger partial charge >= 0.3 is 0 Å². The Morgan fingerprint density at radius 3 is 2.58 bits per heavy atom. The number of aromatic nitrogens is 1. The first kappa shape index (κ1) is 11.5. The molecule has 2 heteroatoms. The van der Waals surface area contributed by atoms with Crippen LogP contribution in [0, 0.1) is 0 Å². The normalized spacial score (nSPS) is 8.58. The third kappa shape index (κ3) is 5.19. The van der Waals surface area contributed by atoms with E-state index >= 15 is 0 Å². The van der Waals surface area contributed by atoms with Gasteiger partial charge in [0.25, 0.3) is 0 Å². The Balaban J connectivity index is 0.000000561. The first-order valence-electron chi connectivity index (χ1n) is 4.32. The average molecular weight is 183 g/mol. The Morgan fingerprint density at radius 1 is 1.33 bits per heavy atom. The molecule has 0 saturated heterocycles. The number of pyridine rings is 1. The van der Waals surface area contributed by atoms with Crippen molar-refractivity contribution in [3.63, 3.8) is 0 Å². The van der Waals surface area contributed by atoms with Crippen molar-refractivity contribution in [2.45, 2.75) is 20.3 Å². The van der Waals surface area contributed by atoms with Gasteiger partial charge in [0.05, 0.1) is 0 Å². The second kappa shape index (κ2) is 8.60. The van der Waals surface area contributed by atoms with E-state index in [2.05, 4.69) is 17.3 Å². The molecule has 0 radical (unpaired) electrons. The predicted octanol–water partition coefficient (Wildman–Crippen LogP) is 3.01. The Hall–Kier alpha value is -0.500. The first-order chi connectivity index (χ1) is 5.93. The van der Waals surface area contributed by atoms with Crippen molar-refractivity contribution in [1.82, 2.24) is 4.98 Å². The maximum absolute atomic E-state index is 4.20. The van der Waals surface area contributed by atoms with E-state index in [4.69, 9.17) is 0 Å². The van der Waals surface area contributed by atoms with Crippen LogP contribution < -0.4 is 0 Å². The molecule has 0 spiro atoms.